The Balaban J connectivity index is 1.83. The minimum Gasteiger partial charge on any atom is -0.380 e. The van der Waals surface area contributed by atoms with E-state index in [4.69, 9.17) is 9.26 Å². The lowest BCUT2D eigenvalue weighted by Gasteiger charge is -2.02. The van der Waals surface area contributed by atoms with Crippen LogP contribution in [-0.4, -0.2) is 42.4 Å². The van der Waals surface area contributed by atoms with Crippen molar-refractivity contribution in [3.63, 3.8) is 0 Å². The predicted molar refractivity (Wildman–Crippen MR) is 63.1 cm³/mol. The van der Waals surface area contributed by atoms with Crippen molar-refractivity contribution >= 4 is 5.91 Å². The maximum Gasteiger partial charge on any atom is 0.292 e. The molecule has 18 heavy (non-hydrogen) atoms. The third-order valence-corrected chi connectivity index (χ3v) is 2.74. The van der Waals surface area contributed by atoms with E-state index in [1.807, 2.05) is 6.92 Å². The number of hydrogen-bond acceptors (Lipinski definition) is 6. The lowest BCUT2D eigenvalue weighted by atomic mass is 10.2. The molecule has 2 N–H and O–H groups in total. The third kappa shape index (κ3) is 3.27. The van der Waals surface area contributed by atoms with E-state index in [-0.39, 0.29) is 17.8 Å². The van der Waals surface area contributed by atoms with Gasteiger partial charge >= 0.3 is 0 Å². The third-order valence-electron chi connectivity index (χ3n) is 2.74. The Morgan fingerprint density at radius 2 is 2.56 bits per heavy atom. The zero-order valence-electron chi connectivity index (χ0n) is 10.4. The first-order chi connectivity index (χ1) is 8.81. The lowest BCUT2D eigenvalue weighted by molar-refractivity contribution is 0.0909. The molecular formula is C11H18N4O3. The molecule has 1 fully saturated rings. The number of hydrogen-bond donors (Lipinski definition) is 2. The van der Waals surface area contributed by atoms with E-state index >= 15 is 0 Å². The topological polar surface area (TPSA) is 89.3 Å². The normalized spacial score (nSPS) is 19.1. The zero-order chi connectivity index (χ0) is 12.8. The van der Waals surface area contributed by atoms with Crippen molar-refractivity contribution in [2.45, 2.75) is 25.8 Å². The number of aromatic nitrogens is 2. The summed E-state index contributed by atoms with van der Waals surface area (Å²) in [5.41, 5.74) is 0. The largest absolute Gasteiger partial charge is 0.380 e. The summed E-state index contributed by atoms with van der Waals surface area (Å²) in [4.78, 5) is 15.8. The zero-order valence-corrected chi connectivity index (χ0v) is 10.4. The molecule has 100 valence electrons. The quantitative estimate of drug-likeness (QED) is 0.708. The van der Waals surface area contributed by atoms with Gasteiger partial charge in [0.1, 0.15) is 0 Å². The highest BCUT2D eigenvalue weighted by Crippen LogP contribution is 2.20. The summed E-state index contributed by atoms with van der Waals surface area (Å²) in [6, 6.07) is 0.0856. The van der Waals surface area contributed by atoms with Gasteiger partial charge in [-0.1, -0.05) is 5.16 Å². The van der Waals surface area contributed by atoms with Crippen molar-refractivity contribution in [3.05, 3.63) is 11.7 Å². The van der Waals surface area contributed by atoms with Crippen LogP contribution in [0.25, 0.3) is 0 Å². The summed E-state index contributed by atoms with van der Waals surface area (Å²) in [6.07, 6.45) is 2.05. The summed E-state index contributed by atoms with van der Waals surface area (Å²) in [5, 5.41) is 9.59. The SMILES string of the molecule is CCOCCNC(=O)c1noc(C2CCCN2)n1. The second-order valence-corrected chi connectivity index (χ2v) is 4.06. The van der Waals surface area contributed by atoms with E-state index in [9.17, 15) is 4.79 Å². The van der Waals surface area contributed by atoms with Crippen molar-refractivity contribution in [1.29, 1.82) is 0 Å². The number of nitrogens with zero attached hydrogens (tertiary/aromatic N) is 2. The van der Waals surface area contributed by atoms with Gasteiger partial charge < -0.3 is 19.9 Å². The van der Waals surface area contributed by atoms with Gasteiger partial charge in [-0.25, -0.2) is 0 Å². The average molecular weight is 254 g/mol. The van der Waals surface area contributed by atoms with E-state index in [1.165, 1.54) is 0 Å². The summed E-state index contributed by atoms with van der Waals surface area (Å²) >= 11 is 0. The molecule has 2 heterocycles. The van der Waals surface area contributed by atoms with Crippen LogP contribution in [0.1, 0.15) is 42.3 Å². The molecule has 0 bridgehead atoms. The Bertz CT molecular complexity index is 387. The van der Waals surface area contributed by atoms with Crippen LogP contribution in [-0.2, 0) is 4.74 Å². The molecule has 1 aliphatic heterocycles. The summed E-state index contributed by atoms with van der Waals surface area (Å²) in [6.45, 7) is 4.41. The molecule has 0 aromatic carbocycles. The van der Waals surface area contributed by atoms with E-state index in [0.29, 0.717) is 25.6 Å². The first-order valence-corrected chi connectivity index (χ1v) is 6.24. The molecule has 0 radical (unpaired) electrons. The number of ether oxygens (including phenoxy) is 1. The Morgan fingerprint density at radius 3 is 3.28 bits per heavy atom. The highest BCUT2D eigenvalue weighted by Gasteiger charge is 2.24. The summed E-state index contributed by atoms with van der Waals surface area (Å²) in [5.74, 6) is 0.236. The molecule has 0 spiro atoms. The Kier molecular flexibility index (Phi) is 4.66. The fourth-order valence-electron chi connectivity index (χ4n) is 1.82. The molecular weight excluding hydrogens is 236 g/mol. The van der Waals surface area contributed by atoms with Gasteiger partial charge in [-0.3, -0.25) is 4.79 Å². The molecule has 1 aliphatic rings. The lowest BCUT2D eigenvalue weighted by Crippen LogP contribution is -2.28. The van der Waals surface area contributed by atoms with Gasteiger partial charge in [0.2, 0.25) is 5.89 Å². The van der Waals surface area contributed by atoms with E-state index in [1.54, 1.807) is 0 Å². The molecule has 7 heteroatoms. The molecule has 1 atom stereocenters. The van der Waals surface area contributed by atoms with Crippen LogP contribution in [0.2, 0.25) is 0 Å². The van der Waals surface area contributed by atoms with Crippen LogP contribution in [0.3, 0.4) is 0 Å². The Hall–Kier alpha value is -1.47. The second kappa shape index (κ2) is 6.46. The maximum atomic E-state index is 11.7. The fourth-order valence-corrected chi connectivity index (χ4v) is 1.82. The standard InChI is InChI=1S/C11H18N4O3/c1-2-17-7-6-13-10(16)9-14-11(18-15-9)8-4-3-5-12-8/h8,12H,2-7H2,1H3,(H,13,16). The number of rotatable bonds is 6. The Morgan fingerprint density at radius 1 is 1.67 bits per heavy atom. The monoisotopic (exact) mass is 254 g/mol. The molecule has 1 amide bonds. The molecule has 1 aromatic heterocycles. The molecule has 1 saturated heterocycles. The van der Waals surface area contributed by atoms with Crippen molar-refractivity contribution in [1.82, 2.24) is 20.8 Å². The van der Waals surface area contributed by atoms with Gasteiger partial charge in [-0.2, -0.15) is 4.98 Å². The van der Waals surface area contributed by atoms with Gasteiger partial charge in [0.15, 0.2) is 0 Å². The van der Waals surface area contributed by atoms with Crippen LogP contribution in [0.5, 0.6) is 0 Å². The predicted octanol–water partition coefficient (Wildman–Crippen LogP) is 0.260. The number of amides is 1. The average Bonchev–Trinajstić information content (AvgIpc) is 3.03. The number of carbonyl (C=O) groups is 1. The Labute approximate surface area is 105 Å². The van der Waals surface area contributed by atoms with Crippen molar-refractivity contribution in [2.75, 3.05) is 26.3 Å². The van der Waals surface area contributed by atoms with E-state index in [2.05, 4.69) is 20.8 Å². The van der Waals surface area contributed by atoms with Gasteiger partial charge in [0.25, 0.3) is 11.7 Å². The van der Waals surface area contributed by atoms with Gasteiger partial charge in [-0.15, -0.1) is 0 Å². The minimum atomic E-state index is -0.331. The van der Waals surface area contributed by atoms with Crippen molar-refractivity contribution in [3.8, 4) is 0 Å². The van der Waals surface area contributed by atoms with Crippen LogP contribution < -0.4 is 10.6 Å². The van der Waals surface area contributed by atoms with Crippen molar-refractivity contribution < 1.29 is 14.1 Å². The van der Waals surface area contributed by atoms with E-state index < -0.39 is 0 Å². The smallest absolute Gasteiger partial charge is 0.292 e. The highest BCUT2D eigenvalue weighted by molar-refractivity contribution is 5.90. The van der Waals surface area contributed by atoms with Crippen LogP contribution in [0.15, 0.2) is 4.52 Å². The van der Waals surface area contributed by atoms with Crippen molar-refractivity contribution in [2.24, 2.45) is 0 Å². The maximum absolute atomic E-state index is 11.7. The van der Waals surface area contributed by atoms with Gasteiger partial charge in [0.05, 0.1) is 12.6 Å². The van der Waals surface area contributed by atoms with Crippen LogP contribution >= 0.6 is 0 Å². The molecule has 7 nitrogen and oxygen atoms in total. The minimum absolute atomic E-state index is 0.0789. The second-order valence-electron chi connectivity index (χ2n) is 4.06. The number of nitrogens with one attached hydrogen (secondary N) is 2. The first kappa shape index (κ1) is 13.0. The van der Waals surface area contributed by atoms with Gasteiger partial charge in [-0.05, 0) is 26.3 Å². The van der Waals surface area contributed by atoms with Crippen LogP contribution in [0.4, 0.5) is 0 Å². The molecule has 2 rings (SSSR count). The first-order valence-electron chi connectivity index (χ1n) is 6.24. The molecule has 1 unspecified atom stereocenters. The highest BCUT2D eigenvalue weighted by atomic mass is 16.5. The van der Waals surface area contributed by atoms with Gasteiger partial charge in [0, 0.05) is 13.2 Å². The summed E-state index contributed by atoms with van der Waals surface area (Å²) < 4.78 is 10.2. The van der Waals surface area contributed by atoms with Crippen LogP contribution in [0, 0.1) is 0 Å². The molecule has 0 aliphatic carbocycles. The summed E-state index contributed by atoms with van der Waals surface area (Å²) in [7, 11) is 0. The molecule has 1 aromatic rings. The fraction of sp³-hybridized carbons (Fsp3) is 0.727. The van der Waals surface area contributed by atoms with E-state index in [0.717, 1.165) is 19.4 Å². The number of carbonyl (C=O) groups excluding carboxylic acids is 1. The molecule has 0 saturated carbocycles.